The number of amides is 1. The third-order valence-corrected chi connectivity index (χ3v) is 6.89. The van der Waals surface area contributed by atoms with Gasteiger partial charge in [0, 0.05) is 29.0 Å². The number of pyridine rings is 1. The molecule has 0 fully saturated rings. The number of hydrogen-bond donors (Lipinski definition) is 2. The molecule has 4 rings (SSSR count). The maximum Gasteiger partial charge on any atom is 0.337 e. The lowest BCUT2D eigenvalue weighted by molar-refractivity contribution is -0.115. The Labute approximate surface area is 223 Å². The molecule has 0 saturated heterocycles. The van der Waals surface area contributed by atoms with Gasteiger partial charge in [0.15, 0.2) is 0 Å². The van der Waals surface area contributed by atoms with Crippen LogP contribution in [0.4, 0.5) is 5.69 Å². The second kappa shape index (κ2) is 11.7. The quantitative estimate of drug-likeness (QED) is 0.237. The standard InChI is InChI=1S/C29H22ClN3O3S/c1-18-7-9-19(10-8-18)22-16-26(20-5-3-2-4-6-20)33-28(24(22)17-31)37-14-13-27(34)32-21-11-12-25(30)23(15-21)29(35)36/h2-12,15-16H,13-14H2,1H3,(H,32,34)(H,35,36). The monoisotopic (exact) mass is 527 g/mol. The van der Waals surface area contributed by atoms with Crippen LogP contribution in [0.3, 0.4) is 0 Å². The van der Waals surface area contributed by atoms with Crippen molar-refractivity contribution in [3.63, 3.8) is 0 Å². The van der Waals surface area contributed by atoms with Gasteiger partial charge in [-0.15, -0.1) is 11.8 Å². The molecule has 0 aliphatic rings. The van der Waals surface area contributed by atoms with E-state index >= 15 is 0 Å². The van der Waals surface area contributed by atoms with Gasteiger partial charge in [-0.05, 0) is 36.8 Å². The molecule has 1 heterocycles. The van der Waals surface area contributed by atoms with Crippen molar-refractivity contribution in [2.45, 2.75) is 18.4 Å². The number of nitrogens with zero attached hydrogens (tertiary/aromatic N) is 2. The topological polar surface area (TPSA) is 103 Å². The lowest BCUT2D eigenvalue weighted by Gasteiger charge is -2.13. The van der Waals surface area contributed by atoms with Gasteiger partial charge in [0.25, 0.3) is 0 Å². The molecule has 1 amide bonds. The minimum absolute atomic E-state index is 0.0851. The lowest BCUT2D eigenvalue weighted by Crippen LogP contribution is -2.13. The molecule has 0 bridgehead atoms. The SMILES string of the molecule is Cc1ccc(-c2cc(-c3ccccc3)nc(SCCC(=O)Nc3ccc(Cl)c(C(=O)O)c3)c2C#N)cc1. The summed E-state index contributed by atoms with van der Waals surface area (Å²) in [7, 11) is 0. The number of aromatic carboxylic acids is 1. The first-order valence-electron chi connectivity index (χ1n) is 11.4. The largest absolute Gasteiger partial charge is 0.478 e. The highest BCUT2D eigenvalue weighted by Crippen LogP contribution is 2.34. The Morgan fingerprint density at radius 2 is 1.76 bits per heavy atom. The minimum atomic E-state index is -1.17. The highest BCUT2D eigenvalue weighted by atomic mass is 35.5. The zero-order chi connectivity index (χ0) is 26.4. The molecule has 8 heteroatoms. The van der Waals surface area contributed by atoms with Crippen molar-refractivity contribution in [3.05, 3.63) is 101 Å². The van der Waals surface area contributed by atoms with Crippen LogP contribution in [0.25, 0.3) is 22.4 Å². The van der Waals surface area contributed by atoms with Crippen molar-refractivity contribution >= 4 is 40.9 Å². The zero-order valence-electron chi connectivity index (χ0n) is 19.9. The number of aromatic nitrogens is 1. The van der Waals surface area contributed by atoms with Gasteiger partial charge in [-0.3, -0.25) is 4.79 Å². The van der Waals surface area contributed by atoms with E-state index in [0.717, 1.165) is 27.9 Å². The minimum Gasteiger partial charge on any atom is -0.478 e. The van der Waals surface area contributed by atoms with Crippen LogP contribution in [0.2, 0.25) is 5.02 Å². The highest BCUT2D eigenvalue weighted by Gasteiger charge is 2.17. The summed E-state index contributed by atoms with van der Waals surface area (Å²) in [5.74, 6) is -1.09. The predicted molar refractivity (Wildman–Crippen MR) is 147 cm³/mol. The summed E-state index contributed by atoms with van der Waals surface area (Å²) in [6, 6.07) is 26.2. The van der Waals surface area contributed by atoms with Crippen LogP contribution in [0.15, 0.2) is 83.9 Å². The number of carbonyl (C=O) groups excluding carboxylic acids is 1. The molecule has 184 valence electrons. The first-order valence-corrected chi connectivity index (χ1v) is 12.7. The van der Waals surface area contributed by atoms with E-state index in [4.69, 9.17) is 16.6 Å². The van der Waals surface area contributed by atoms with Gasteiger partial charge in [-0.2, -0.15) is 5.26 Å². The Morgan fingerprint density at radius 1 is 1.03 bits per heavy atom. The number of hydrogen-bond acceptors (Lipinski definition) is 5. The van der Waals surface area contributed by atoms with Crippen LogP contribution in [0.5, 0.6) is 0 Å². The molecule has 0 atom stereocenters. The molecule has 3 aromatic carbocycles. The first-order chi connectivity index (χ1) is 17.9. The molecule has 1 aromatic heterocycles. The molecule has 0 aliphatic carbocycles. The second-order valence-corrected chi connectivity index (χ2v) is 9.72. The second-order valence-electron chi connectivity index (χ2n) is 8.23. The number of anilines is 1. The molecular weight excluding hydrogens is 506 g/mol. The first kappa shape index (κ1) is 26.0. The van der Waals surface area contributed by atoms with Crippen LogP contribution >= 0.6 is 23.4 Å². The molecule has 6 nitrogen and oxygen atoms in total. The van der Waals surface area contributed by atoms with Crippen LogP contribution < -0.4 is 5.32 Å². The van der Waals surface area contributed by atoms with E-state index in [1.807, 2.05) is 67.6 Å². The average molecular weight is 528 g/mol. The summed E-state index contributed by atoms with van der Waals surface area (Å²) < 4.78 is 0. The molecule has 4 aromatic rings. The normalized spacial score (nSPS) is 10.5. The molecule has 0 radical (unpaired) electrons. The van der Waals surface area contributed by atoms with Gasteiger partial charge in [-0.25, -0.2) is 9.78 Å². The number of thioether (sulfide) groups is 1. The number of carboxylic acids is 1. The third kappa shape index (κ3) is 6.36. The third-order valence-electron chi connectivity index (χ3n) is 5.58. The maximum absolute atomic E-state index is 12.5. The molecular formula is C29H22ClN3O3S. The zero-order valence-corrected chi connectivity index (χ0v) is 21.4. The summed E-state index contributed by atoms with van der Waals surface area (Å²) in [5, 5.41) is 22.6. The Bertz CT molecular complexity index is 1500. The number of halogens is 1. The Balaban J connectivity index is 1.57. The van der Waals surface area contributed by atoms with Crippen LogP contribution in [0, 0.1) is 18.3 Å². The highest BCUT2D eigenvalue weighted by molar-refractivity contribution is 7.99. The molecule has 2 N–H and O–H groups in total. The number of carbonyl (C=O) groups is 2. The number of carboxylic acid groups (broad SMARTS) is 1. The molecule has 0 spiro atoms. The van der Waals surface area contributed by atoms with Gasteiger partial charge in [0.1, 0.15) is 11.1 Å². The Hall–Kier alpha value is -4.12. The number of rotatable bonds is 8. The van der Waals surface area contributed by atoms with E-state index in [-0.39, 0.29) is 22.9 Å². The van der Waals surface area contributed by atoms with E-state index in [1.165, 1.54) is 23.9 Å². The predicted octanol–water partition coefficient (Wildman–Crippen LogP) is 7.07. The fraction of sp³-hybridized carbons (Fsp3) is 0.103. The van der Waals surface area contributed by atoms with Crippen LogP contribution in [-0.2, 0) is 4.79 Å². The maximum atomic E-state index is 12.5. The molecule has 0 saturated carbocycles. The van der Waals surface area contributed by atoms with Crippen molar-refractivity contribution in [2.75, 3.05) is 11.1 Å². The van der Waals surface area contributed by atoms with Crippen molar-refractivity contribution in [3.8, 4) is 28.5 Å². The van der Waals surface area contributed by atoms with Gasteiger partial charge < -0.3 is 10.4 Å². The van der Waals surface area contributed by atoms with E-state index in [2.05, 4.69) is 11.4 Å². The van der Waals surface area contributed by atoms with Gasteiger partial charge >= 0.3 is 5.97 Å². The fourth-order valence-electron chi connectivity index (χ4n) is 3.68. The smallest absolute Gasteiger partial charge is 0.337 e. The summed E-state index contributed by atoms with van der Waals surface area (Å²) in [5.41, 5.74) is 5.21. The summed E-state index contributed by atoms with van der Waals surface area (Å²) >= 11 is 7.23. The van der Waals surface area contributed by atoms with Crippen molar-refractivity contribution in [1.82, 2.24) is 4.98 Å². The molecule has 0 aliphatic heterocycles. The van der Waals surface area contributed by atoms with Gasteiger partial charge in [0.05, 0.1) is 21.8 Å². The number of nitriles is 1. The summed E-state index contributed by atoms with van der Waals surface area (Å²) in [6.45, 7) is 2.01. The van der Waals surface area contributed by atoms with Crippen molar-refractivity contribution < 1.29 is 14.7 Å². The van der Waals surface area contributed by atoms with Crippen LogP contribution in [-0.4, -0.2) is 27.7 Å². The van der Waals surface area contributed by atoms with E-state index < -0.39 is 5.97 Å². The van der Waals surface area contributed by atoms with E-state index in [1.54, 1.807) is 6.07 Å². The molecule has 0 unspecified atom stereocenters. The lowest BCUT2D eigenvalue weighted by atomic mass is 9.98. The Morgan fingerprint density at radius 3 is 2.43 bits per heavy atom. The average Bonchev–Trinajstić information content (AvgIpc) is 2.90. The summed E-state index contributed by atoms with van der Waals surface area (Å²) in [6.07, 6.45) is 0.137. The van der Waals surface area contributed by atoms with Gasteiger partial charge in [0.2, 0.25) is 5.91 Å². The van der Waals surface area contributed by atoms with E-state index in [0.29, 0.717) is 22.0 Å². The van der Waals surface area contributed by atoms with Gasteiger partial charge in [-0.1, -0.05) is 71.8 Å². The van der Waals surface area contributed by atoms with Crippen LogP contribution in [0.1, 0.15) is 27.9 Å². The number of aryl methyl sites for hydroxylation is 1. The van der Waals surface area contributed by atoms with Crippen molar-refractivity contribution in [1.29, 1.82) is 5.26 Å². The van der Waals surface area contributed by atoms with E-state index in [9.17, 15) is 20.0 Å². The number of nitrogens with one attached hydrogen (secondary N) is 1. The Kier molecular flexibility index (Phi) is 8.24. The molecule has 37 heavy (non-hydrogen) atoms. The number of benzene rings is 3. The van der Waals surface area contributed by atoms with Crippen molar-refractivity contribution in [2.24, 2.45) is 0 Å². The summed E-state index contributed by atoms with van der Waals surface area (Å²) in [4.78, 5) is 28.6. The fourth-order valence-corrected chi connectivity index (χ4v) is 4.82.